The zero-order valence-corrected chi connectivity index (χ0v) is 6.20. The van der Waals surface area contributed by atoms with Gasteiger partial charge >= 0.3 is 0 Å². The Morgan fingerprint density at radius 2 is 2.40 bits per heavy atom. The van der Waals surface area contributed by atoms with Crippen LogP contribution in [0, 0.1) is 0 Å². The van der Waals surface area contributed by atoms with E-state index in [2.05, 4.69) is 0 Å². The second kappa shape index (κ2) is 2.68. The van der Waals surface area contributed by atoms with Gasteiger partial charge in [0.15, 0.2) is 5.78 Å². The Kier molecular flexibility index (Phi) is 2.06. The maximum Gasteiger partial charge on any atom is 0.164 e. The van der Waals surface area contributed by atoms with Crippen LogP contribution >= 0.6 is 0 Å². The molecule has 0 amide bonds. The van der Waals surface area contributed by atoms with Crippen LogP contribution < -0.4 is 0 Å². The first kappa shape index (κ1) is 7.69. The number of hydrogen-bond acceptors (Lipinski definition) is 3. The van der Waals surface area contributed by atoms with Gasteiger partial charge in [-0.2, -0.15) is 0 Å². The van der Waals surface area contributed by atoms with Crippen molar-refractivity contribution in [2.45, 2.75) is 38.6 Å². The minimum absolute atomic E-state index is 0.0888. The smallest absolute Gasteiger partial charge is 0.164 e. The molecular weight excluding hydrogens is 132 g/mol. The zero-order chi connectivity index (χ0) is 7.72. The summed E-state index contributed by atoms with van der Waals surface area (Å²) in [4.78, 5) is 10.9. The lowest BCUT2D eigenvalue weighted by Crippen LogP contribution is -2.16. The van der Waals surface area contributed by atoms with E-state index in [-0.39, 0.29) is 18.0 Å². The van der Waals surface area contributed by atoms with Crippen molar-refractivity contribution in [3.63, 3.8) is 0 Å². The molecule has 3 heteroatoms. The summed E-state index contributed by atoms with van der Waals surface area (Å²) in [6, 6.07) is 0. The molecule has 0 bridgehead atoms. The molecule has 0 radical (unpaired) electrons. The quantitative estimate of drug-likeness (QED) is 0.572. The minimum atomic E-state index is -0.513. The molecule has 0 aliphatic carbocycles. The fourth-order valence-electron chi connectivity index (χ4n) is 0.951. The highest BCUT2D eigenvalue weighted by Crippen LogP contribution is 2.26. The standard InChI is InChI=1S/C7H12O3/c1-3-5(9)7-6(10-7)4(2)8/h4,6-8H,3H2,1-2H3. The van der Waals surface area contributed by atoms with Gasteiger partial charge in [-0.25, -0.2) is 0 Å². The van der Waals surface area contributed by atoms with Gasteiger partial charge in [0.05, 0.1) is 6.10 Å². The Hall–Kier alpha value is -0.410. The van der Waals surface area contributed by atoms with Crippen LogP contribution in [-0.2, 0) is 9.53 Å². The fraction of sp³-hybridized carbons (Fsp3) is 0.857. The van der Waals surface area contributed by atoms with Gasteiger partial charge in [-0.3, -0.25) is 4.79 Å². The van der Waals surface area contributed by atoms with Crippen LogP contribution in [0.15, 0.2) is 0 Å². The van der Waals surface area contributed by atoms with Crippen molar-refractivity contribution in [1.82, 2.24) is 0 Å². The molecule has 1 rings (SSSR count). The number of carbonyl (C=O) groups excluding carboxylic acids is 1. The molecule has 1 aliphatic heterocycles. The molecule has 1 saturated heterocycles. The number of rotatable bonds is 3. The number of Topliss-reactive ketones (excluding diaryl/α,β-unsaturated/α-hetero) is 1. The summed E-state index contributed by atoms with van der Waals surface area (Å²) in [5.41, 5.74) is 0. The van der Waals surface area contributed by atoms with Crippen molar-refractivity contribution < 1.29 is 14.6 Å². The summed E-state index contributed by atoms with van der Waals surface area (Å²) >= 11 is 0. The Morgan fingerprint density at radius 1 is 1.80 bits per heavy atom. The monoisotopic (exact) mass is 144 g/mol. The molecule has 3 nitrogen and oxygen atoms in total. The third-order valence-electron chi connectivity index (χ3n) is 1.67. The predicted octanol–water partition coefficient (Wildman–Crippen LogP) is 0.114. The van der Waals surface area contributed by atoms with E-state index >= 15 is 0 Å². The van der Waals surface area contributed by atoms with Crippen molar-refractivity contribution in [3.8, 4) is 0 Å². The first-order valence-electron chi connectivity index (χ1n) is 3.53. The minimum Gasteiger partial charge on any atom is -0.391 e. The van der Waals surface area contributed by atoms with Gasteiger partial charge in [-0.1, -0.05) is 6.92 Å². The SMILES string of the molecule is CCC(=O)C1OC1C(C)O. The molecule has 0 saturated carbocycles. The lowest BCUT2D eigenvalue weighted by Gasteiger charge is -1.94. The number of aliphatic hydroxyl groups is 1. The third kappa shape index (κ3) is 1.36. The normalized spacial score (nSPS) is 33.5. The van der Waals surface area contributed by atoms with Crippen LogP contribution in [0.25, 0.3) is 0 Å². The Morgan fingerprint density at radius 3 is 2.70 bits per heavy atom. The summed E-state index contributed by atoms with van der Waals surface area (Å²) in [6.07, 6.45) is -0.564. The molecule has 58 valence electrons. The summed E-state index contributed by atoms with van der Waals surface area (Å²) in [5, 5.41) is 8.93. The number of aliphatic hydroxyl groups excluding tert-OH is 1. The molecule has 3 unspecified atom stereocenters. The number of ether oxygens (including phenoxy) is 1. The van der Waals surface area contributed by atoms with E-state index in [0.29, 0.717) is 6.42 Å². The van der Waals surface area contributed by atoms with E-state index in [1.165, 1.54) is 0 Å². The van der Waals surface area contributed by atoms with Gasteiger partial charge in [0, 0.05) is 6.42 Å². The van der Waals surface area contributed by atoms with Crippen molar-refractivity contribution in [2.75, 3.05) is 0 Å². The zero-order valence-electron chi connectivity index (χ0n) is 6.20. The second-order valence-corrected chi connectivity index (χ2v) is 2.58. The summed E-state index contributed by atoms with van der Waals surface area (Å²) in [6.45, 7) is 3.43. The Bertz CT molecular complexity index is 142. The van der Waals surface area contributed by atoms with Crippen LogP contribution in [0.2, 0.25) is 0 Å². The largest absolute Gasteiger partial charge is 0.391 e. The van der Waals surface area contributed by atoms with E-state index in [4.69, 9.17) is 9.84 Å². The number of ketones is 1. The van der Waals surface area contributed by atoms with Gasteiger partial charge < -0.3 is 9.84 Å². The molecule has 10 heavy (non-hydrogen) atoms. The molecule has 1 aliphatic rings. The predicted molar refractivity (Wildman–Crippen MR) is 35.6 cm³/mol. The number of hydrogen-bond donors (Lipinski definition) is 1. The third-order valence-corrected chi connectivity index (χ3v) is 1.67. The Labute approximate surface area is 60.0 Å². The van der Waals surface area contributed by atoms with Gasteiger partial charge in [0.25, 0.3) is 0 Å². The van der Waals surface area contributed by atoms with Crippen LogP contribution in [-0.4, -0.2) is 29.2 Å². The maximum atomic E-state index is 10.9. The second-order valence-electron chi connectivity index (χ2n) is 2.58. The number of epoxide rings is 1. The van der Waals surface area contributed by atoms with Gasteiger partial charge in [-0.05, 0) is 6.92 Å². The highest BCUT2D eigenvalue weighted by Gasteiger charge is 2.46. The molecule has 1 N–H and O–H groups in total. The topological polar surface area (TPSA) is 49.8 Å². The van der Waals surface area contributed by atoms with E-state index in [1.54, 1.807) is 13.8 Å². The molecule has 3 atom stereocenters. The molecule has 0 aromatic carbocycles. The highest BCUT2D eigenvalue weighted by molar-refractivity contribution is 5.85. The maximum absolute atomic E-state index is 10.9. The van der Waals surface area contributed by atoms with E-state index < -0.39 is 6.10 Å². The number of carbonyl (C=O) groups is 1. The van der Waals surface area contributed by atoms with Crippen molar-refractivity contribution in [1.29, 1.82) is 0 Å². The summed E-state index contributed by atoms with van der Waals surface area (Å²) in [5.74, 6) is 0.0888. The van der Waals surface area contributed by atoms with Crippen molar-refractivity contribution in [3.05, 3.63) is 0 Å². The molecule has 1 heterocycles. The lowest BCUT2D eigenvalue weighted by atomic mass is 10.1. The molecule has 0 spiro atoms. The van der Waals surface area contributed by atoms with E-state index in [1.807, 2.05) is 0 Å². The van der Waals surface area contributed by atoms with Crippen molar-refractivity contribution in [2.24, 2.45) is 0 Å². The van der Waals surface area contributed by atoms with E-state index in [0.717, 1.165) is 0 Å². The van der Waals surface area contributed by atoms with Gasteiger partial charge in [0.1, 0.15) is 12.2 Å². The molecule has 0 aromatic rings. The van der Waals surface area contributed by atoms with E-state index in [9.17, 15) is 4.79 Å². The summed E-state index contributed by atoms with van der Waals surface area (Å²) in [7, 11) is 0. The van der Waals surface area contributed by atoms with Crippen LogP contribution in [0.5, 0.6) is 0 Å². The molecular formula is C7H12O3. The Balaban J connectivity index is 2.31. The van der Waals surface area contributed by atoms with Gasteiger partial charge in [-0.15, -0.1) is 0 Å². The lowest BCUT2D eigenvalue weighted by molar-refractivity contribution is -0.119. The highest BCUT2D eigenvalue weighted by atomic mass is 16.6. The summed E-state index contributed by atoms with van der Waals surface area (Å²) < 4.78 is 4.93. The molecule has 0 aromatic heterocycles. The average Bonchev–Trinajstić information content (AvgIpc) is 2.64. The van der Waals surface area contributed by atoms with Crippen molar-refractivity contribution >= 4 is 5.78 Å². The first-order valence-corrected chi connectivity index (χ1v) is 3.53. The van der Waals surface area contributed by atoms with Gasteiger partial charge in [0.2, 0.25) is 0 Å². The fourth-order valence-corrected chi connectivity index (χ4v) is 0.951. The van der Waals surface area contributed by atoms with Crippen LogP contribution in [0.4, 0.5) is 0 Å². The van der Waals surface area contributed by atoms with Crippen LogP contribution in [0.1, 0.15) is 20.3 Å². The van der Waals surface area contributed by atoms with Crippen LogP contribution in [0.3, 0.4) is 0 Å². The first-order chi connectivity index (χ1) is 4.66. The molecule has 1 fully saturated rings. The average molecular weight is 144 g/mol.